The first-order valence-electron chi connectivity index (χ1n) is 9.92. The van der Waals surface area contributed by atoms with Gasteiger partial charge in [0.1, 0.15) is 12.3 Å². The third kappa shape index (κ3) is 5.53. The van der Waals surface area contributed by atoms with E-state index in [0.29, 0.717) is 17.0 Å². The summed E-state index contributed by atoms with van der Waals surface area (Å²) in [4.78, 5) is 12.7. The molecule has 0 unspecified atom stereocenters. The van der Waals surface area contributed by atoms with Gasteiger partial charge >= 0.3 is 0 Å². The summed E-state index contributed by atoms with van der Waals surface area (Å²) in [6, 6.07) is 20.6. The number of aryl methyl sites for hydroxylation is 2. The van der Waals surface area contributed by atoms with Crippen molar-refractivity contribution in [1.29, 1.82) is 0 Å². The van der Waals surface area contributed by atoms with Gasteiger partial charge in [0.25, 0.3) is 15.9 Å². The first kappa shape index (κ1) is 23.0. The average molecular weight is 452 g/mol. The number of nitrogens with one attached hydrogen (secondary N) is 1. The van der Waals surface area contributed by atoms with Gasteiger partial charge in [0, 0.05) is 5.56 Å². The van der Waals surface area contributed by atoms with Crippen molar-refractivity contribution >= 4 is 27.8 Å². The average Bonchev–Trinajstić information content (AvgIpc) is 2.79. The molecule has 0 atom stereocenters. The highest BCUT2D eigenvalue weighted by atomic mass is 32.2. The van der Waals surface area contributed by atoms with Crippen LogP contribution in [0.4, 0.5) is 5.69 Å². The Morgan fingerprint density at radius 3 is 2.19 bits per heavy atom. The summed E-state index contributed by atoms with van der Waals surface area (Å²) in [6.07, 6.45) is 1.45. The fourth-order valence-corrected chi connectivity index (χ4v) is 4.40. The summed E-state index contributed by atoms with van der Waals surface area (Å²) in [5.74, 6) is 0.0288. The van der Waals surface area contributed by atoms with Gasteiger partial charge in [-0.3, -0.25) is 9.10 Å². The van der Waals surface area contributed by atoms with Gasteiger partial charge in [-0.25, -0.2) is 13.8 Å². The number of sulfonamides is 1. The Morgan fingerprint density at radius 2 is 1.56 bits per heavy atom. The van der Waals surface area contributed by atoms with Crippen molar-refractivity contribution in [1.82, 2.24) is 5.43 Å². The summed E-state index contributed by atoms with van der Waals surface area (Å²) in [7, 11) is -2.42. The van der Waals surface area contributed by atoms with Gasteiger partial charge in [-0.15, -0.1) is 0 Å². The molecule has 0 aromatic heterocycles. The summed E-state index contributed by atoms with van der Waals surface area (Å²) >= 11 is 0. The van der Waals surface area contributed by atoms with Crippen LogP contribution >= 0.6 is 0 Å². The van der Waals surface area contributed by atoms with E-state index in [4.69, 9.17) is 4.74 Å². The fraction of sp³-hybridized carbons (Fsp3) is 0.167. The minimum atomic E-state index is -3.97. The first-order valence-corrected chi connectivity index (χ1v) is 11.4. The second-order valence-electron chi connectivity index (χ2n) is 7.20. The highest BCUT2D eigenvalue weighted by Gasteiger charge is 2.27. The van der Waals surface area contributed by atoms with E-state index in [1.54, 1.807) is 55.6 Å². The Labute approximate surface area is 188 Å². The van der Waals surface area contributed by atoms with Gasteiger partial charge in [-0.05, 0) is 50.2 Å². The van der Waals surface area contributed by atoms with Gasteiger partial charge in [0.2, 0.25) is 0 Å². The zero-order valence-corrected chi connectivity index (χ0v) is 19.0. The highest BCUT2D eigenvalue weighted by molar-refractivity contribution is 7.92. The topological polar surface area (TPSA) is 88.1 Å². The standard InChI is InChI=1S/C24H25N3O4S/c1-18-8-12-21(13-9-18)27(32(29,30)22-14-10-19(2)11-15-22)17-24(28)26-25-16-20-6-4-5-7-23(20)31-3/h4-16H,17H2,1-3H3,(H,26,28)/b25-16-. The van der Waals surface area contributed by atoms with E-state index < -0.39 is 22.5 Å². The number of nitrogens with zero attached hydrogens (tertiary/aromatic N) is 2. The molecule has 3 aromatic rings. The van der Waals surface area contributed by atoms with Crippen LogP contribution in [0.2, 0.25) is 0 Å². The number of carbonyl (C=O) groups is 1. The van der Waals surface area contributed by atoms with Crippen LogP contribution in [0.1, 0.15) is 16.7 Å². The molecule has 0 radical (unpaired) electrons. The smallest absolute Gasteiger partial charge is 0.264 e. The molecule has 166 valence electrons. The molecule has 0 aliphatic carbocycles. The summed E-state index contributed by atoms with van der Waals surface area (Å²) in [6.45, 7) is 3.35. The van der Waals surface area contributed by atoms with E-state index in [-0.39, 0.29) is 4.90 Å². The maximum Gasteiger partial charge on any atom is 0.264 e. The van der Waals surface area contributed by atoms with Crippen molar-refractivity contribution in [2.75, 3.05) is 18.0 Å². The zero-order valence-electron chi connectivity index (χ0n) is 18.1. The molecule has 0 heterocycles. The third-order valence-corrected chi connectivity index (χ3v) is 6.54. The molecule has 8 heteroatoms. The number of amides is 1. The quantitative estimate of drug-likeness (QED) is 0.418. The molecule has 3 rings (SSSR count). The van der Waals surface area contributed by atoms with E-state index in [9.17, 15) is 13.2 Å². The van der Waals surface area contributed by atoms with Gasteiger partial charge in [0.15, 0.2) is 0 Å². The van der Waals surface area contributed by atoms with E-state index in [1.807, 2.05) is 26.0 Å². The van der Waals surface area contributed by atoms with Crippen LogP contribution in [0.3, 0.4) is 0 Å². The van der Waals surface area contributed by atoms with Gasteiger partial charge in [0.05, 0.1) is 23.9 Å². The van der Waals surface area contributed by atoms with E-state index >= 15 is 0 Å². The number of para-hydroxylation sites is 1. The molecule has 3 aromatic carbocycles. The van der Waals surface area contributed by atoms with Crippen LogP contribution in [0.15, 0.2) is 82.8 Å². The largest absolute Gasteiger partial charge is 0.496 e. The van der Waals surface area contributed by atoms with Crippen molar-refractivity contribution in [2.45, 2.75) is 18.7 Å². The predicted octanol–water partition coefficient (Wildman–Crippen LogP) is 3.66. The van der Waals surface area contributed by atoms with Gasteiger partial charge in [-0.2, -0.15) is 5.10 Å². The van der Waals surface area contributed by atoms with Crippen LogP contribution < -0.4 is 14.5 Å². The van der Waals surface area contributed by atoms with E-state index in [0.717, 1.165) is 15.4 Å². The predicted molar refractivity (Wildman–Crippen MR) is 126 cm³/mol. The number of carbonyl (C=O) groups excluding carboxylic acids is 1. The second-order valence-corrected chi connectivity index (χ2v) is 9.06. The minimum Gasteiger partial charge on any atom is -0.496 e. The highest BCUT2D eigenvalue weighted by Crippen LogP contribution is 2.24. The zero-order chi connectivity index (χ0) is 23.1. The van der Waals surface area contributed by atoms with Crippen molar-refractivity contribution in [2.24, 2.45) is 5.10 Å². The van der Waals surface area contributed by atoms with Crippen molar-refractivity contribution in [3.63, 3.8) is 0 Å². The molecule has 7 nitrogen and oxygen atoms in total. The molecular weight excluding hydrogens is 426 g/mol. The molecule has 0 bridgehead atoms. The van der Waals surface area contributed by atoms with Gasteiger partial charge < -0.3 is 4.74 Å². The number of rotatable bonds is 8. The molecule has 0 aliphatic heterocycles. The molecule has 1 amide bonds. The molecule has 32 heavy (non-hydrogen) atoms. The van der Waals surface area contributed by atoms with Crippen LogP contribution in [-0.2, 0) is 14.8 Å². The van der Waals surface area contributed by atoms with Gasteiger partial charge in [-0.1, -0.05) is 47.5 Å². The summed E-state index contributed by atoms with van der Waals surface area (Å²) in [5.41, 5.74) is 5.38. The Bertz CT molecular complexity index is 1200. The number of hydrazone groups is 1. The molecule has 0 spiro atoms. The Kier molecular flexibility index (Phi) is 7.27. The minimum absolute atomic E-state index is 0.106. The second kappa shape index (κ2) is 10.1. The number of benzene rings is 3. The Hall–Kier alpha value is -3.65. The van der Waals surface area contributed by atoms with E-state index in [1.165, 1.54) is 18.3 Å². The molecule has 0 saturated heterocycles. The lowest BCUT2D eigenvalue weighted by Crippen LogP contribution is -2.39. The van der Waals surface area contributed by atoms with Crippen molar-refractivity contribution < 1.29 is 17.9 Å². The van der Waals surface area contributed by atoms with Crippen LogP contribution in [0, 0.1) is 13.8 Å². The number of ether oxygens (including phenoxy) is 1. The Balaban J connectivity index is 1.84. The van der Waals surface area contributed by atoms with Crippen LogP contribution in [0.25, 0.3) is 0 Å². The lowest BCUT2D eigenvalue weighted by molar-refractivity contribution is -0.119. The number of anilines is 1. The maximum absolute atomic E-state index is 13.3. The van der Waals surface area contributed by atoms with Crippen molar-refractivity contribution in [3.05, 3.63) is 89.5 Å². The van der Waals surface area contributed by atoms with Crippen LogP contribution in [0.5, 0.6) is 5.75 Å². The first-order chi connectivity index (χ1) is 15.3. The molecule has 0 saturated carbocycles. The van der Waals surface area contributed by atoms with Crippen molar-refractivity contribution in [3.8, 4) is 5.75 Å². The maximum atomic E-state index is 13.3. The lowest BCUT2D eigenvalue weighted by Gasteiger charge is -2.24. The Morgan fingerprint density at radius 1 is 0.969 bits per heavy atom. The fourth-order valence-electron chi connectivity index (χ4n) is 2.98. The number of methoxy groups -OCH3 is 1. The SMILES string of the molecule is COc1ccccc1/C=N\NC(=O)CN(c1ccc(C)cc1)S(=O)(=O)c1ccc(C)cc1. The summed E-state index contributed by atoms with van der Waals surface area (Å²) < 4.78 is 33.0. The summed E-state index contributed by atoms with van der Waals surface area (Å²) in [5, 5.41) is 3.95. The molecular formula is C24H25N3O4S. The normalized spacial score (nSPS) is 11.3. The van der Waals surface area contributed by atoms with E-state index in [2.05, 4.69) is 10.5 Å². The third-order valence-electron chi connectivity index (χ3n) is 4.75. The number of hydrogen-bond acceptors (Lipinski definition) is 5. The molecule has 1 N–H and O–H groups in total. The monoisotopic (exact) mass is 451 g/mol. The molecule has 0 aliphatic rings. The number of hydrogen-bond donors (Lipinski definition) is 1. The molecule has 0 fully saturated rings. The lowest BCUT2D eigenvalue weighted by atomic mass is 10.2. The van der Waals surface area contributed by atoms with Crippen LogP contribution in [-0.4, -0.2) is 34.2 Å².